The van der Waals surface area contributed by atoms with Crippen molar-refractivity contribution in [2.45, 2.75) is 45.6 Å². The molecule has 2 aromatic rings. The van der Waals surface area contributed by atoms with Gasteiger partial charge in [0.25, 0.3) is 0 Å². The Balaban J connectivity index is 1.37. The number of hydrogen-bond acceptors (Lipinski definition) is 4. The third kappa shape index (κ3) is 5.90. The molecule has 1 aromatic carbocycles. The van der Waals surface area contributed by atoms with E-state index >= 15 is 0 Å². The molecule has 1 aliphatic rings. The highest BCUT2D eigenvalue weighted by Gasteiger charge is 2.22. The van der Waals surface area contributed by atoms with E-state index in [2.05, 4.69) is 20.6 Å². The normalized spacial score (nSPS) is 15.3. The molecule has 156 valence electrons. The first-order valence-corrected chi connectivity index (χ1v) is 10.3. The lowest BCUT2D eigenvalue weighted by atomic mass is 10.0. The van der Waals surface area contributed by atoms with Crippen molar-refractivity contribution in [1.29, 1.82) is 0 Å². The van der Waals surface area contributed by atoms with E-state index in [1.807, 2.05) is 55.9 Å². The molecule has 1 fully saturated rings. The summed E-state index contributed by atoms with van der Waals surface area (Å²) >= 11 is 0. The van der Waals surface area contributed by atoms with Gasteiger partial charge in [0.2, 0.25) is 11.8 Å². The molecular weight excluding hydrogens is 366 g/mol. The van der Waals surface area contributed by atoms with E-state index in [9.17, 15) is 9.59 Å². The van der Waals surface area contributed by atoms with Crippen molar-refractivity contribution in [2.75, 3.05) is 25.0 Å². The van der Waals surface area contributed by atoms with Gasteiger partial charge >= 0.3 is 0 Å². The maximum atomic E-state index is 12.4. The summed E-state index contributed by atoms with van der Waals surface area (Å²) in [5.41, 5.74) is 4.11. The summed E-state index contributed by atoms with van der Waals surface area (Å²) in [7, 11) is 1.93. The number of benzene rings is 1. The second-order valence-electron chi connectivity index (χ2n) is 7.81. The number of carbonyl (C=O) groups is 2. The van der Waals surface area contributed by atoms with Gasteiger partial charge in [-0.1, -0.05) is 18.2 Å². The molecule has 1 aliphatic heterocycles. The average Bonchev–Trinajstić information content (AvgIpc) is 2.94. The third-order valence-electron chi connectivity index (χ3n) is 5.64. The fraction of sp³-hybridized carbons (Fsp3) is 0.500. The van der Waals surface area contributed by atoms with Crippen molar-refractivity contribution < 1.29 is 9.59 Å². The molecule has 0 spiro atoms. The van der Waals surface area contributed by atoms with Crippen molar-refractivity contribution in [3.8, 4) is 0 Å². The van der Waals surface area contributed by atoms with Crippen molar-refractivity contribution in [3.63, 3.8) is 0 Å². The molecule has 7 heteroatoms. The number of anilines is 1. The number of carbonyl (C=O) groups excluding carboxylic acids is 2. The first-order valence-electron chi connectivity index (χ1n) is 10.3. The predicted molar refractivity (Wildman–Crippen MR) is 114 cm³/mol. The van der Waals surface area contributed by atoms with Crippen LogP contribution in [0.1, 0.15) is 36.2 Å². The first kappa shape index (κ1) is 21.0. The zero-order chi connectivity index (χ0) is 20.8. The number of piperidine rings is 1. The van der Waals surface area contributed by atoms with Crippen molar-refractivity contribution in [3.05, 3.63) is 47.3 Å². The van der Waals surface area contributed by atoms with Gasteiger partial charge in [-0.15, -0.1) is 0 Å². The number of nitrogens with one attached hydrogen (secondary N) is 2. The molecule has 29 heavy (non-hydrogen) atoms. The summed E-state index contributed by atoms with van der Waals surface area (Å²) in [6.45, 7) is 6.04. The second kappa shape index (κ2) is 9.69. The standard InChI is InChI=1S/C22H31N5O2/c1-16-20(17(2)26(3)25-16)9-10-21(28)23-19-11-13-27(14-12-19)15-22(29)24-18-7-5-4-6-8-18/h4-8,19H,9-15H2,1-3H3,(H,23,28)(H,24,29). The molecule has 1 aromatic heterocycles. The Morgan fingerprint density at radius 1 is 1.10 bits per heavy atom. The maximum Gasteiger partial charge on any atom is 0.238 e. The van der Waals surface area contributed by atoms with E-state index in [-0.39, 0.29) is 17.9 Å². The van der Waals surface area contributed by atoms with Gasteiger partial charge in [0, 0.05) is 44.0 Å². The van der Waals surface area contributed by atoms with Crippen LogP contribution in [-0.4, -0.2) is 52.2 Å². The molecule has 0 bridgehead atoms. The van der Waals surface area contributed by atoms with E-state index in [0.717, 1.165) is 49.4 Å². The minimum atomic E-state index is 0.000829. The van der Waals surface area contributed by atoms with Crippen molar-refractivity contribution in [2.24, 2.45) is 7.05 Å². The van der Waals surface area contributed by atoms with Crippen LogP contribution in [0.15, 0.2) is 30.3 Å². The number of aryl methyl sites for hydroxylation is 2. The monoisotopic (exact) mass is 397 g/mol. The smallest absolute Gasteiger partial charge is 0.238 e. The van der Waals surface area contributed by atoms with E-state index in [1.165, 1.54) is 5.56 Å². The fourth-order valence-corrected chi connectivity index (χ4v) is 3.88. The fourth-order valence-electron chi connectivity index (χ4n) is 3.88. The minimum Gasteiger partial charge on any atom is -0.353 e. The van der Waals surface area contributed by atoms with E-state index < -0.39 is 0 Å². The predicted octanol–water partition coefficient (Wildman–Crippen LogP) is 2.19. The molecule has 2 heterocycles. The lowest BCUT2D eigenvalue weighted by Crippen LogP contribution is -2.46. The van der Waals surface area contributed by atoms with E-state index in [0.29, 0.717) is 13.0 Å². The summed E-state index contributed by atoms with van der Waals surface area (Å²) in [5, 5.41) is 10.5. The molecule has 1 saturated heterocycles. The highest BCUT2D eigenvalue weighted by molar-refractivity contribution is 5.92. The molecule has 0 atom stereocenters. The van der Waals surface area contributed by atoms with Gasteiger partial charge in [0.05, 0.1) is 12.2 Å². The van der Waals surface area contributed by atoms with Crippen LogP contribution in [0.3, 0.4) is 0 Å². The lowest BCUT2D eigenvalue weighted by Gasteiger charge is -2.31. The number of aromatic nitrogens is 2. The van der Waals surface area contributed by atoms with E-state index in [1.54, 1.807) is 0 Å². The van der Waals surface area contributed by atoms with Gasteiger partial charge < -0.3 is 10.6 Å². The Morgan fingerprint density at radius 2 is 1.79 bits per heavy atom. The van der Waals surface area contributed by atoms with Crippen molar-refractivity contribution in [1.82, 2.24) is 20.0 Å². The Bertz CT molecular complexity index is 838. The van der Waals surface area contributed by atoms with Gasteiger partial charge in [0.1, 0.15) is 0 Å². The number of nitrogens with zero attached hydrogens (tertiary/aromatic N) is 3. The molecule has 0 radical (unpaired) electrons. The minimum absolute atomic E-state index is 0.000829. The van der Waals surface area contributed by atoms with Crippen molar-refractivity contribution >= 4 is 17.5 Å². The zero-order valence-electron chi connectivity index (χ0n) is 17.6. The van der Waals surface area contributed by atoms with Gasteiger partial charge in [-0.2, -0.15) is 5.10 Å². The highest BCUT2D eigenvalue weighted by atomic mass is 16.2. The highest BCUT2D eigenvalue weighted by Crippen LogP contribution is 2.15. The Kier molecular flexibility index (Phi) is 7.04. The summed E-state index contributed by atoms with van der Waals surface area (Å²) in [4.78, 5) is 26.7. The zero-order valence-corrected chi connectivity index (χ0v) is 17.6. The van der Waals surface area contributed by atoms with Gasteiger partial charge in [-0.3, -0.25) is 19.2 Å². The molecule has 0 saturated carbocycles. The number of amides is 2. The Labute approximate surface area is 172 Å². The summed E-state index contributed by atoms with van der Waals surface area (Å²) in [5.74, 6) is 0.0915. The molecule has 7 nitrogen and oxygen atoms in total. The molecule has 0 unspecified atom stereocenters. The molecule has 2 amide bonds. The lowest BCUT2D eigenvalue weighted by molar-refractivity contribution is -0.122. The molecule has 3 rings (SSSR count). The van der Waals surface area contributed by atoms with Crippen LogP contribution in [0.5, 0.6) is 0 Å². The van der Waals surface area contributed by atoms with Gasteiger partial charge in [-0.05, 0) is 50.8 Å². The largest absolute Gasteiger partial charge is 0.353 e. The molecule has 2 N–H and O–H groups in total. The Hall–Kier alpha value is -2.67. The third-order valence-corrected chi connectivity index (χ3v) is 5.64. The van der Waals surface area contributed by atoms with Crippen LogP contribution in [0.4, 0.5) is 5.69 Å². The van der Waals surface area contributed by atoms with Crippen LogP contribution in [0, 0.1) is 13.8 Å². The SMILES string of the molecule is Cc1nn(C)c(C)c1CCC(=O)NC1CCN(CC(=O)Nc2ccccc2)CC1. The van der Waals surface area contributed by atoms with Gasteiger partial charge in [0.15, 0.2) is 0 Å². The van der Waals surface area contributed by atoms with Crippen LogP contribution < -0.4 is 10.6 Å². The summed E-state index contributed by atoms with van der Waals surface area (Å²) in [6.07, 6.45) is 2.94. The number of rotatable bonds is 7. The summed E-state index contributed by atoms with van der Waals surface area (Å²) < 4.78 is 1.87. The van der Waals surface area contributed by atoms with Crippen LogP contribution in [-0.2, 0) is 23.1 Å². The Morgan fingerprint density at radius 3 is 2.41 bits per heavy atom. The first-order chi connectivity index (χ1) is 13.9. The topological polar surface area (TPSA) is 79.3 Å². The van der Waals surface area contributed by atoms with Gasteiger partial charge in [-0.25, -0.2) is 0 Å². The van der Waals surface area contributed by atoms with Crippen LogP contribution >= 0.6 is 0 Å². The molecular formula is C22H31N5O2. The molecule has 0 aliphatic carbocycles. The number of hydrogen-bond donors (Lipinski definition) is 2. The average molecular weight is 398 g/mol. The van der Waals surface area contributed by atoms with E-state index in [4.69, 9.17) is 0 Å². The quantitative estimate of drug-likeness (QED) is 0.751. The number of para-hydroxylation sites is 1. The van der Waals surface area contributed by atoms with Crippen LogP contribution in [0.25, 0.3) is 0 Å². The summed E-state index contributed by atoms with van der Waals surface area (Å²) in [6, 6.07) is 9.68. The number of likely N-dealkylation sites (tertiary alicyclic amines) is 1. The van der Waals surface area contributed by atoms with Crippen LogP contribution in [0.2, 0.25) is 0 Å². The second-order valence-corrected chi connectivity index (χ2v) is 7.81. The maximum absolute atomic E-state index is 12.4.